The van der Waals surface area contributed by atoms with Crippen molar-refractivity contribution in [3.8, 4) is 0 Å². The summed E-state index contributed by atoms with van der Waals surface area (Å²) >= 11 is 0. The van der Waals surface area contributed by atoms with Crippen LogP contribution in [0.2, 0.25) is 0 Å². The van der Waals surface area contributed by atoms with E-state index in [4.69, 9.17) is 4.74 Å². The van der Waals surface area contributed by atoms with Crippen LogP contribution in [-0.2, 0) is 9.53 Å². The van der Waals surface area contributed by atoms with Crippen LogP contribution < -0.4 is 5.32 Å². The molecular weight excluding hydrogens is 252 g/mol. The van der Waals surface area contributed by atoms with E-state index in [-0.39, 0.29) is 17.6 Å². The zero-order valence-electron chi connectivity index (χ0n) is 14.0. The first kappa shape index (κ1) is 17.4. The normalized spacial score (nSPS) is 28.4. The van der Waals surface area contributed by atoms with Gasteiger partial charge in [-0.15, -0.1) is 0 Å². The molecule has 1 heterocycles. The third-order valence-corrected chi connectivity index (χ3v) is 4.23. The van der Waals surface area contributed by atoms with Gasteiger partial charge in [0, 0.05) is 26.7 Å². The van der Waals surface area contributed by atoms with Crippen LogP contribution in [0.15, 0.2) is 0 Å². The molecular formula is C16H32N2O2. The predicted molar refractivity (Wildman–Crippen MR) is 82.7 cm³/mol. The number of hydrogen-bond acceptors (Lipinski definition) is 3. The van der Waals surface area contributed by atoms with Crippen molar-refractivity contribution in [3.05, 3.63) is 0 Å². The van der Waals surface area contributed by atoms with Crippen molar-refractivity contribution >= 4 is 5.91 Å². The van der Waals surface area contributed by atoms with Crippen LogP contribution in [0, 0.1) is 5.92 Å². The van der Waals surface area contributed by atoms with Gasteiger partial charge in [0.2, 0.25) is 5.91 Å². The van der Waals surface area contributed by atoms with E-state index in [1.54, 1.807) is 4.90 Å². The molecule has 1 rings (SSSR count). The van der Waals surface area contributed by atoms with E-state index < -0.39 is 0 Å². The minimum Gasteiger partial charge on any atom is -0.375 e. The van der Waals surface area contributed by atoms with Crippen molar-refractivity contribution in [2.45, 2.75) is 71.1 Å². The first-order valence-electron chi connectivity index (χ1n) is 7.88. The first-order valence-corrected chi connectivity index (χ1v) is 7.88. The summed E-state index contributed by atoms with van der Waals surface area (Å²) in [4.78, 5) is 14.0. The smallest absolute Gasteiger partial charge is 0.239 e. The number of likely N-dealkylation sites (N-methyl/N-ethyl adjacent to an activating group) is 1. The molecule has 3 atom stereocenters. The maximum Gasteiger partial charge on any atom is 0.239 e. The molecule has 1 saturated heterocycles. The minimum atomic E-state index is -0.0748. The molecule has 1 aliphatic heterocycles. The van der Waals surface area contributed by atoms with Gasteiger partial charge in [-0.05, 0) is 38.5 Å². The Morgan fingerprint density at radius 2 is 2.10 bits per heavy atom. The lowest BCUT2D eigenvalue weighted by molar-refractivity contribution is -0.132. The van der Waals surface area contributed by atoms with Gasteiger partial charge in [0.1, 0.15) is 0 Å². The topological polar surface area (TPSA) is 41.6 Å². The molecule has 1 aliphatic rings. The van der Waals surface area contributed by atoms with Crippen molar-refractivity contribution in [2.75, 3.05) is 20.7 Å². The second kappa shape index (κ2) is 7.41. The highest BCUT2D eigenvalue weighted by Crippen LogP contribution is 2.28. The lowest BCUT2D eigenvalue weighted by Crippen LogP contribution is -2.53. The molecule has 0 aromatic heterocycles. The van der Waals surface area contributed by atoms with E-state index >= 15 is 0 Å². The van der Waals surface area contributed by atoms with Gasteiger partial charge >= 0.3 is 0 Å². The lowest BCUT2D eigenvalue weighted by atomic mass is 9.89. The van der Waals surface area contributed by atoms with E-state index in [9.17, 15) is 4.79 Å². The average Bonchev–Trinajstić information content (AvgIpc) is 2.36. The Balaban J connectivity index is 2.66. The second-order valence-electron chi connectivity index (χ2n) is 6.92. The van der Waals surface area contributed by atoms with Crippen molar-refractivity contribution in [1.29, 1.82) is 0 Å². The van der Waals surface area contributed by atoms with Crippen molar-refractivity contribution in [1.82, 2.24) is 10.2 Å². The van der Waals surface area contributed by atoms with Crippen LogP contribution in [-0.4, -0.2) is 49.2 Å². The number of ether oxygens (including phenoxy) is 1. The maximum absolute atomic E-state index is 12.3. The van der Waals surface area contributed by atoms with Crippen LogP contribution in [0.1, 0.15) is 53.4 Å². The van der Waals surface area contributed by atoms with Gasteiger partial charge in [-0.3, -0.25) is 4.79 Å². The quantitative estimate of drug-likeness (QED) is 0.814. The average molecular weight is 284 g/mol. The Hall–Kier alpha value is -0.610. The molecule has 118 valence electrons. The van der Waals surface area contributed by atoms with Crippen molar-refractivity contribution < 1.29 is 9.53 Å². The fraction of sp³-hybridized carbons (Fsp3) is 0.938. The fourth-order valence-corrected chi connectivity index (χ4v) is 2.83. The zero-order chi connectivity index (χ0) is 15.3. The Bertz CT molecular complexity index is 318. The van der Waals surface area contributed by atoms with Crippen LogP contribution in [0.4, 0.5) is 0 Å². The summed E-state index contributed by atoms with van der Waals surface area (Å²) in [6.45, 7) is 9.45. The van der Waals surface area contributed by atoms with Crippen LogP contribution in [0.25, 0.3) is 0 Å². The number of hydrogen-bond donors (Lipinski definition) is 1. The van der Waals surface area contributed by atoms with E-state index in [0.29, 0.717) is 12.0 Å². The number of amides is 1. The summed E-state index contributed by atoms with van der Waals surface area (Å²) in [6.07, 6.45) is 3.88. The summed E-state index contributed by atoms with van der Waals surface area (Å²) < 4.78 is 5.88. The summed E-state index contributed by atoms with van der Waals surface area (Å²) in [5.74, 6) is 0.692. The fourth-order valence-electron chi connectivity index (χ4n) is 2.83. The molecule has 4 nitrogen and oxygen atoms in total. The van der Waals surface area contributed by atoms with Gasteiger partial charge < -0.3 is 15.0 Å². The molecule has 20 heavy (non-hydrogen) atoms. The molecule has 1 amide bonds. The molecule has 1 N–H and O–H groups in total. The molecule has 1 fully saturated rings. The Morgan fingerprint density at radius 1 is 1.45 bits per heavy atom. The Kier molecular flexibility index (Phi) is 6.46. The van der Waals surface area contributed by atoms with E-state index in [0.717, 1.165) is 32.3 Å². The monoisotopic (exact) mass is 284 g/mol. The highest BCUT2D eigenvalue weighted by molar-refractivity contribution is 5.81. The second-order valence-corrected chi connectivity index (χ2v) is 6.92. The first-order chi connectivity index (χ1) is 9.27. The highest BCUT2D eigenvalue weighted by Gasteiger charge is 2.34. The van der Waals surface area contributed by atoms with E-state index in [2.05, 4.69) is 33.0 Å². The third-order valence-electron chi connectivity index (χ3n) is 4.23. The predicted octanol–water partition coefficient (Wildman–Crippen LogP) is 2.43. The van der Waals surface area contributed by atoms with Gasteiger partial charge in [0.05, 0.1) is 11.6 Å². The summed E-state index contributed by atoms with van der Waals surface area (Å²) in [6, 6.07) is 0.301. The molecule has 0 radical (unpaired) electrons. The number of rotatable bonds is 6. The number of carbonyl (C=O) groups excluding carboxylic acids is 1. The summed E-state index contributed by atoms with van der Waals surface area (Å²) in [5.41, 5.74) is -0.0422. The molecule has 0 spiro atoms. The minimum absolute atomic E-state index is 0.0422. The number of nitrogens with one attached hydrogen (secondary N) is 1. The maximum atomic E-state index is 12.3. The zero-order valence-corrected chi connectivity index (χ0v) is 14.0. The van der Waals surface area contributed by atoms with Gasteiger partial charge in [0.15, 0.2) is 0 Å². The van der Waals surface area contributed by atoms with Gasteiger partial charge in [-0.2, -0.15) is 0 Å². The summed E-state index contributed by atoms with van der Waals surface area (Å²) in [7, 11) is 3.66. The van der Waals surface area contributed by atoms with Crippen molar-refractivity contribution in [2.24, 2.45) is 5.92 Å². The highest BCUT2D eigenvalue weighted by atomic mass is 16.5. The molecule has 0 saturated carbocycles. The molecule has 4 heteroatoms. The number of carbonyl (C=O) groups is 1. The Labute approximate surface area is 124 Å². The van der Waals surface area contributed by atoms with E-state index in [1.807, 2.05) is 14.1 Å². The molecule has 3 unspecified atom stereocenters. The molecule has 0 aromatic carbocycles. The third kappa shape index (κ3) is 5.06. The molecule has 0 bridgehead atoms. The van der Waals surface area contributed by atoms with Crippen LogP contribution in [0.3, 0.4) is 0 Å². The molecule has 0 aliphatic carbocycles. The summed E-state index contributed by atoms with van der Waals surface area (Å²) in [5, 5.41) is 3.59. The van der Waals surface area contributed by atoms with Gasteiger partial charge in [0.25, 0.3) is 0 Å². The SMILES string of the molecule is CCC1(C)CC(NC(CC(C)C)C(=O)N(C)C)CCO1. The van der Waals surface area contributed by atoms with Crippen molar-refractivity contribution in [3.63, 3.8) is 0 Å². The lowest BCUT2D eigenvalue weighted by Gasteiger charge is -2.39. The van der Waals surface area contributed by atoms with E-state index in [1.165, 1.54) is 0 Å². The van der Waals surface area contributed by atoms with Gasteiger partial charge in [-0.25, -0.2) is 0 Å². The van der Waals surface area contributed by atoms with Gasteiger partial charge in [-0.1, -0.05) is 20.8 Å². The standard InChI is InChI=1S/C16H32N2O2/c1-7-16(4)11-13(8-9-20-16)17-14(10-12(2)3)15(19)18(5)6/h12-14,17H,7-11H2,1-6H3. The van der Waals surface area contributed by atoms with Crippen LogP contribution in [0.5, 0.6) is 0 Å². The largest absolute Gasteiger partial charge is 0.375 e. The Morgan fingerprint density at radius 3 is 2.60 bits per heavy atom. The van der Waals surface area contributed by atoms with Crippen LogP contribution >= 0.6 is 0 Å². The molecule has 0 aromatic rings. The number of nitrogens with zero attached hydrogens (tertiary/aromatic N) is 1.